The summed E-state index contributed by atoms with van der Waals surface area (Å²) in [4.78, 5) is 0. The Morgan fingerprint density at radius 1 is 1.20 bits per heavy atom. The van der Waals surface area contributed by atoms with Crippen molar-refractivity contribution in [3.8, 4) is 5.92 Å². The first-order valence-electron chi connectivity index (χ1n) is 2.81. The molecule has 0 bridgehead atoms. The van der Waals surface area contributed by atoms with E-state index in [0.29, 0.717) is 0 Å². The van der Waals surface area contributed by atoms with Gasteiger partial charge in [-0.1, -0.05) is 19.8 Å². The van der Waals surface area contributed by atoms with E-state index in [1.54, 1.807) is 0 Å². The van der Waals surface area contributed by atoms with E-state index < -0.39 is 0 Å². The Balaban J connectivity index is -0.0000000600. The summed E-state index contributed by atoms with van der Waals surface area (Å²) in [6.07, 6.45) is 11.0. The molecule has 0 saturated heterocycles. The van der Waals surface area contributed by atoms with E-state index in [0.717, 1.165) is 12.8 Å². The molecule has 0 saturated carbocycles. The van der Waals surface area contributed by atoms with Gasteiger partial charge in [0.05, 0.1) is 0 Å². The van der Waals surface area contributed by atoms with Crippen LogP contribution >= 0.6 is 0 Å². The van der Waals surface area contributed by atoms with Crippen LogP contribution in [0.25, 0.3) is 0 Å². The minimum absolute atomic E-state index is 0. The first-order valence-corrected chi connectivity index (χ1v) is 2.81. The molecule has 0 aromatic carbocycles. The quantitative estimate of drug-likeness (QED) is 0.252. The molecule has 0 aliphatic rings. The number of hydrogen-bond acceptors (Lipinski definition) is 0. The predicted molar refractivity (Wildman–Crippen MR) is 49.9 cm³/mol. The molecule has 0 atom stereocenters. The van der Waals surface area contributed by atoms with Crippen LogP contribution in [0.2, 0.25) is 0 Å². The molecule has 0 radical (unpaired) electrons. The van der Waals surface area contributed by atoms with Crippen molar-refractivity contribution in [2.45, 2.75) is 32.6 Å². The van der Waals surface area contributed by atoms with Crippen molar-refractivity contribution in [1.29, 1.82) is 0 Å². The Labute approximate surface area is 77.5 Å². The van der Waals surface area contributed by atoms with Crippen molar-refractivity contribution in [2.24, 2.45) is 0 Å². The summed E-state index contributed by atoms with van der Waals surface area (Å²) in [7, 11) is 0. The van der Waals surface area contributed by atoms with Crippen LogP contribution in [0.4, 0.5) is 0 Å². The molecule has 56 valence electrons. The third kappa shape index (κ3) is 24.3. The van der Waals surface area contributed by atoms with Crippen LogP contribution in [0, 0.1) is 27.2 Å². The van der Waals surface area contributed by atoms with E-state index in [-0.39, 0.29) is 32.2 Å². The Morgan fingerprint density at radius 2 is 1.70 bits per heavy atom. The van der Waals surface area contributed by atoms with Gasteiger partial charge in [0.25, 0.3) is 0 Å². The summed E-state index contributed by atoms with van der Waals surface area (Å²) in [5.41, 5.74) is 0. The van der Waals surface area contributed by atoms with Gasteiger partial charge < -0.3 is 27.2 Å². The summed E-state index contributed by atoms with van der Waals surface area (Å²) >= 11 is 0. The number of unbranched alkanes of at least 4 members (excludes halogenated alkanes) is 3. The first kappa shape index (κ1) is 22.5. The Morgan fingerprint density at radius 3 is 2.00 bits per heavy atom. The van der Waals surface area contributed by atoms with Gasteiger partial charge in [-0.15, -0.1) is 0 Å². The SMILES string of the molecule is [Al+3].[C-]#CCCCCC.[CH3-].[CH3-]. The van der Waals surface area contributed by atoms with Crippen LogP contribution in [0.3, 0.4) is 0 Å². The molecule has 0 amide bonds. The zero-order valence-electron chi connectivity index (χ0n) is 7.41. The van der Waals surface area contributed by atoms with E-state index in [9.17, 15) is 0 Å². The maximum atomic E-state index is 6.53. The van der Waals surface area contributed by atoms with Gasteiger partial charge in [0.2, 0.25) is 0 Å². The van der Waals surface area contributed by atoms with Crippen molar-refractivity contribution in [3.05, 3.63) is 21.3 Å². The summed E-state index contributed by atoms with van der Waals surface area (Å²) in [5, 5.41) is 0. The summed E-state index contributed by atoms with van der Waals surface area (Å²) in [6, 6.07) is 0. The molecule has 0 rings (SSSR count). The second-order valence-corrected chi connectivity index (χ2v) is 1.63. The summed E-state index contributed by atoms with van der Waals surface area (Å²) in [6.45, 7) is 2.16. The smallest absolute Gasteiger partial charge is 0.694 e. The summed E-state index contributed by atoms with van der Waals surface area (Å²) in [5.74, 6) is 2.35. The van der Waals surface area contributed by atoms with Crippen LogP contribution in [0.5, 0.6) is 0 Å². The van der Waals surface area contributed by atoms with E-state index in [1.165, 1.54) is 12.8 Å². The van der Waals surface area contributed by atoms with Gasteiger partial charge in [0.1, 0.15) is 0 Å². The third-order valence-electron chi connectivity index (χ3n) is 0.905. The first-order chi connectivity index (χ1) is 3.41. The largest absolute Gasteiger partial charge is 3.00 e. The molecule has 0 unspecified atom stereocenters. The van der Waals surface area contributed by atoms with Gasteiger partial charge in [-0.05, 0) is 12.8 Å². The molecular formula is C9H17Al. The van der Waals surface area contributed by atoms with E-state index >= 15 is 0 Å². The molecule has 0 N–H and O–H groups in total. The fraction of sp³-hybridized carbons (Fsp3) is 0.556. The van der Waals surface area contributed by atoms with Gasteiger partial charge in [-0.25, -0.2) is 0 Å². The maximum absolute atomic E-state index is 6.53. The fourth-order valence-electron chi connectivity index (χ4n) is 0.463. The van der Waals surface area contributed by atoms with Crippen molar-refractivity contribution < 1.29 is 0 Å². The molecule has 0 aliphatic carbocycles. The van der Waals surface area contributed by atoms with E-state index in [4.69, 9.17) is 6.42 Å². The van der Waals surface area contributed by atoms with Crippen LogP contribution < -0.4 is 0 Å². The van der Waals surface area contributed by atoms with E-state index in [1.807, 2.05) is 0 Å². The Kier molecular flexibility index (Phi) is 51.6. The molecular weight excluding hydrogens is 135 g/mol. The molecule has 0 spiro atoms. The van der Waals surface area contributed by atoms with Crippen molar-refractivity contribution >= 4 is 17.4 Å². The van der Waals surface area contributed by atoms with Crippen molar-refractivity contribution in [3.63, 3.8) is 0 Å². The second-order valence-electron chi connectivity index (χ2n) is 1.63. The molecule has 0 aliphatic heterocycles. The summed E-state index contributed by atoms with van der Waals surface area (Å²) < 4.78 is 0. The predicted octanol–water partition coefficient (Wildman–Crippen LogP) is 2.68. The van der Waals surface area contributed by atoms with Crippen molar-refractivity contribution in [2.75, 3.05) is 0 Å². The van der Waals surface area contributed by atoms with Crippen LogP contribution in [0.15, 0.2) is 0 Å². The van der Waals surface area contributed by atoms with Crippen LogP contribution in [-0.4, -0.2) is 17.4 Å². The van der Waals surface area contributed by atoms with Crippen LogP contribution in [0.1, 0.15) is 32.6 Å². The molecule has 0 heterocycles. The van der Waals surface area contributed by atoms with Crippen molar-refractivity contribution in [1.82, 2.24) is 0 Å². The number of rotatable bonds is 3. The van der Waals surface area contributed by atoms with Gasteiger partial charge in [0, 0.05) is 0 Å². The minimum atomic E-state index is 0. The molecule has 1 heteroatoms. The van der Waals surface area contributed by atoms with Gasteiger partial charge in [0.15, 0.2) is 0 Å². The Hall–Kier alpha value is 0.0925. The molecule has 10 heavy (non-hydrogen) atoms. The van der Waals surface area contributed by atoms with Gasteiger partial charge in [-0.2, -0.15) is 0 Å². The zero-order valence-corrected chi connectivity index (χ0v) is 8.56. The van der Waals surface area contributed by atoms with E-state index in [2.05, 4.69) is 12.8 Å². The molecule has 0 aromatic heterocycles. The van der Waals surface area contributed by atoms with Gasteiger partial charge in [-0.3, -0.25) is 0 Å². The molecule has 0 aromatic rings. The fourth-order valence-corrected chi connectivity index (χ4v) is 0.463. The molecule has 0 fully saturated rings. The maximum Gasteiger partial charge on any atom is 3.00 e. The monoisotopic (exact) mass is 152 g/mol. The average molecular weight is 152 g/mol. The molecule has 0 nitrogen and oxygen atoms in total. The third-order valence-corrected chi connectivity index (χ3v) is 0.905. The topological polar surface area (TPSA) is 0 Å². The second kappa shape index (κ2) is 23.0. The standard InChI is InChI=1S/C7H11.2CH3.Al/c1-3-5-7-6-4-2;;;/h3,5-7H2,1H3;2*1H3;/q3*-1;+3. The van der Waals surface area contributed by atoms with Gasteiger partial charge >= 0.3 is 17.4 Å². The normalized spacial score (nSPS) is 5.60. The average Bonchev–Trinajstić information content (AvgIpc) is 1.69. The Bertz CT molecular complexity index is 61.6. The van der Waals surface area contributed by atoms with Crippen LogP contribution in [-0.2, 0) is 0 Å². The minimum Gasteiger partial charge on any atom is -0.694 e. The number of hydrogen-bond donors (Lipinski definition) is 0. The zero-order chi connectivity index (χ0) is 5.54.